The predicted octanol–water partition coefficient (Wildman–Crippen LogP) is 1.83. The largest absolute Gasteiger partial charge is 0.396 e. The van der Waals surface area contributed by atoms with E-state index in [9.17, 15) is 0 Å². The molecule has 1 heterocycles. The van der Waals surface area contributed by atoms with Crippen molar-refractivity contribution in [2.24, 2.45) is 4.99 Å². The Bertz CT molecular complexity index is 520. The fraction of sp³-hybridized carbons (Fsp3) is 0.625. The van der Waals surface area contributed by atoms with Gasteiger partial charge in [-0.25, -0.2) is 10.4 Å². The summed E-state index contributed by atoms with van der Waals surface area (Å²) in [6.07, 6.45) is 4.64. The fourth-order valence-corrected chi connectivity index (χ4v) is 2.13. The Morgan fingerprint density at radius 3 is 2.65 bits per heavy atom. The quantitative estimate of drug-likeness (QED) is 0.255. The molecule has 0 aromatic carbocycles. The number of nitrogen functional groups attached to an aromatic ring is 1. The first-order valence-electron chi connectivity index (χ1n) is 8.07. The number of nitrogens with two attached hydrogens (primary N) is 1. The lowest BCUT2D eigenvalue weighted by atomic mass is 10.1. The Kier molecular flexibility index (Phi) is 8.53. The van der Waals surface area contributed by atoms with Gasteiger partial charge in [0.2, 0.25) is 0 Å². The molecule has 1 unspecified atom stereocenters. The normalized spacial score (nSPS) is 12.7. The minimum Gasteiger partial charge on any atom is -0.396 e. The van der Waals surface area contributed by atoms with Gasteiger partial charge in [0, 0.05) is 31.2 Å². The zero-order chi connectivity index (χ0) is 17.2. The summed E-state index contributed by atoms with van der Waals surface area (Å²) in [5, 5.41) is 17.9. The molecule has 7 heteroatoms. The Labute approximate surface area is 138 Å². The van der Waals surface area contributed by atoms with Crippen molar-refractivity contribution in [1.29, 1.82) is 0 Å². The summed E-state index contributed by atoms with van der Waals surface area (Å²) in [6.45, 7) is 6.20. The maximum atomic E-state index is 9.09. The van der Waals surface area contributed by atoms with Crippen LogP contribution in [-0.4, -0.2) is 40.7 Å². The first kappa shape index (κ1) is 19.3. The molecule has 0 bridgehead atoms. The summed E-state index contributed by atoms with van der Waals surface area (Å²) >= 11 is 0. The monoisotopic (exact) mass is 323 g/mol. The van der Waals surface area contributed by atoms with Crippen molar-refractivity contribution in [1.82, 2.24) is 10.4 Å². The summed E-state index contributed by atoms with van der Waals surface area (Å²) in [5.74, 6) is 0.368. The lowest BCUT2D eigenvalue weighted by molar-refractivity contribution is 0.266. The molecular formula is C16H29N5O2. The molecule has 130 valence electrons. The van der Waals surface area contributed by atoms with E-state index in [0.29, 0.717) is 30.8 Å². The SMILES string of the molecule is CCC(CCO)NNc1c(C)c(C)nc(N)c1N=CCCCO. The van der Waals surface area contributed by atoms with Gasteiger partial charge in [0.15, 0.2) is 5.82 Å². The van der Waals surface area contributed by atoms with E-state index in [1.807, 2.05) is 13.8 Å². The molecule has 0 fully saturated rings. The summed E-state index contributed by atoms with van der Waals surface area (Å²) < 4.78 is 0. The second-order valence-electron chi connectivity index (χ2n) is 5.50. The van der Waals surface area contributed by atoms with Crippen LogP contribution in [0.5, 0.6) is 0 Å². The maximum Gasteiger partial charge on any atom is 0.151 e. The molecule has 1 rings (SSSR count). The van der Waals surface area contributed by atoms with Crippen molar-refractivity contribution in [3.8, 4) is 0 Å². The predicted molar refractivity (Wildman–Crippen MR) is 95.1 cm³/mol. The van der Waals surface area contributed by atoms with Gasteiger partial charge in [0.25, 0.3) is 0 Å². The second kappa shape index (κ2) is 10.1. The van der Waals surface area contributed by atoms with E-state index in [0.717, 1.165) is 23.4 Å². The van der Waals surface area contributed by atoms with E-state index >= 15 is 0 Å². The van der Waals surface area contributed by atoms with E-state index in [1.165, 1.54) is 0 Å². The van der Waals surface area contributed by atoms with Crippen LogP contribution < -0.4 is 16.6 Å². The number of aliphatic hydroxyl groups is 2. The molecule has 0 radical (unpaired) electrons. The lowest BCUT2D eigenvalue weighted by Crippen LogP contribution is -2.34. The molecule has 0 aliphatic heterocycles. The van der Waals surface area contributed by atoms with Gasteiger partial charge in [-0.05, 0) is 45.1 Å². The highest BCUT2D eigenvalue weighted by atomic mass is 16.3. The van der Waals surface area contributed by atoms with Gasteiger partial charge in [-0.1, -0.05) is 6.92 Å². The highest BCUT2D eigenvalue weighted by Gasteiger charge is 2.14. The number of aromatic nitrogens is 1. The van der Waals surface area contributed by atoms with Crippen molar-refractivity contribution in [3.05, 3.63) is 11.3 Å². The third kappa shape index (κ3) is 5.78. The van der Waals surface area contributed by atoms with Gasteiger partial charge in [-0.3, -0.25) is 4.99 Å². The number of aliphatic imine (C=N–C) groups is 1. The highest BCUT2D eigenvalue weighted by Crippen LogP contribution is 2.34. The summed E-state index contributed by atoms with van der Waals surface area (Å²) in [7, 11) is 0. The number of aliphatic hydroxyl groups excluding tert-OH is 2. The molecule has 0 spiro atoms. The van der Waals surface area contributed by atoms with E-state index < -0.39 is 0 Å². The molecule has 7 nitrogen and oxygen atoms in total. The molecular weight excluding hydrogens is 294 g/mol. The van der Waals surface area contributed by atoms with Crippen LogP contribution in [0.15, 0.2) is 4.99 Å². The molecule has 0 amide bonds. The van der Waals surface area contributed by atoms with Crippen LogP contribution >= 0.6 is 0 Å². The molecule has 1 aromatic rings. The van der Waals surface area contributed by atoms with Crippen molar-refractivity contribution in [2.75, 3.05) is 24.4 Å². The number of rotatable bonds is 10. The highest BCUT2D eigenvalue weighted by molar-refractivity contribution is 5.82. The van der Waals surface area contributed by atoms with Crippen LogP contribution in [0.4, 0.5) is 17.2 Å². The summed E-state index contributed by atoms with van der Waals surface area (Å²) in [4.78, 5) is 8.74. The number of unbranched alkanes of at least 4 members (excludes halogenated alkanes) is 1. The molecule has 23 heavy (non-hydrogen) atoms. The number of pyridine rings is 1. The molecule has 0 aliphatic carbocycles. The van der Waals surface area contributed by atoms with Gasteiger partial charge < -0.3 is 21.4 Å². The molecule has 0 saturated carbocycles. The van der Waals surface area contributed by atoms with E-state index in [4.69, 9.17) is 15.9 Å². The third-order valence-corrected chi connectivity index (χ3v) is 3.77. The van der Waals surface area contributed by atoms with Gasteiger partial charge in [-0.15, -0.1) is 0 Å². The van der Waals surface area contributed by atoms with E-state index in [1.54, 1.807) is 6.21 Å². The molecule has 0 saturated heterocycles. The third-order valence-electron chi connectivity index (χ3n) is 3.77. The number of hydrogen-bond donors (Lipinski definition) is 5. The molecule has 1 atom stereocenters. The van der Waals surface area contributed by atoms with Crippen LogP contribution in [0.2, 0.25) is 0 Å². The summed E-state index contributed by atoms with van der Waals surface area (Å²) in [5.41, 5.74) is 15.6. The average molecular weight is 323 g/mol. The van der Waals surface area contributed by atoms with Crippen LogP contribution in [0.1, 0.15) is 43.9 Å². The van der Waals surface area contributed by atoms with Crippen molar-refractivity contribution >= 4 is 23.4 Å². The Balaban J connectivity index is 2.99. The Morgan fingerprint density at radius 1 is 1.30 bits per heavy atom. The van der Waals surface area contributed by atoms with Gasteiger partial charge in [0.1, 0.15) is 5.69 Å². The molecule has 6 N–H and O–H groups in total. The minimum absolute atomic E-state index is 0.135. The Morgan fingerprint density at radius 2 is 2.04 bits per heavy atom. The molecule has 1 aromatic heterocycles. The van der Waals surface area contributed by atoms with E-state index in [-0.39, 0.29) is 19.3 Å². The van der Waals surface area contributed by atoms with Gasteiger partial charge in [-0.2, -0.15) is 0 Å². The average Bonchev–Trinajstić information content (AvgIpc) is 2.53. The van der Waals surface area contributed by atoms with Crippen LogP contribution in [-0.2, 0) is 0 Å². The number of hydrazine groups is 1. The van der Waals surface area contributed by atoms with Crippen LogP contribution in [0, 0.1) is 13.8 Å². The van der Waals surface area contributed by atoms with Crippen molar-refractivity contribution in [3.63, 3.8) is 0 Å². The number of nitrogens with zero attached hydrogens (tertiary/aromatic N) is 2. The van der Waals surface area contributed by atoms with E-state index in [2.05, 4.69) is 27.8 Å². The van der Waals surface area contributed by atoms with Gasteiger partial charge in [0.05, 0.1) is 5.69 Å². The van der Waals surface area contributed by atoms with Crippen molar-refractivity contribution in [2.45, 2.75) is 52.5 Å². The van der Waals surface area contributed by atoms with Crippen LogP contribution in [0.3, 0.4) is 0 Å². The topological polar surface area (TPSA) is 116 Å². The molecule has 0 aliphatic rings. The number of anilines is 2. The Hall–Kier alpha value is -1.70. The second-order valence-corrected chi connectivity index (χ2v) is 5.50. The standard InChI is InChI=1S/C16H29N5O2/c1-4-13(7-10-23)20-21-14-11(2)12(3)19-16(17)15(14)18-8-5-6-9-22/h8,13,20,22-23H,4-7,9-10H2,1-3H3,(H3,17,19,21). The zero-order valence-corrected chi connectivity index (χ0v) is 14.3. The smallest absolute Gasteiger partial charge is 0.151 e. The first-order valence-corrected chi connectivity index (χ1v) is 8.07. The summed E-state index contributed by atoms with van der Waals surface area (Å²) in [6, 6.07) is 0.153. The number of aryl methyl sites for hydroxylation is 1. The fourth-order valence-electron chi connectivity index (χ4n) is 2.13. The first-order chi connectivity index (χ1) is 11.0. The number of nitrogens with one attached hydrogen (secondary N) is 2. The lowest BCUT2D eigenvalue weighted by Gasteiger charge is -2.21. The van der Waals surface area contributed by atoms with Crippen molar-refractivity contribution < 1.29 is 10.2 Å². The minimum atomic E-state index is 0.135. The maximum absolute atomic E-state index is 9.09. The zero-order valence-electron chi connectivity index (χ0n) is 14.3. The van der Waals surface area contributed by atoms with Crippen LogP contribution in [0.25, 0.3) is 0 Å². The number of hydrogen-bond acceptors (Lipinski definition) is 7. The van der Waals surface area contributed by atoms with Gasteiger partial charge >= 0.3 is 0 Å².